The molecule has 5 heteroatoms. The first-order valence-corrected chi connectivity index (χ1v) is 11.5. The zero-order valence-corrected chi connectivity index (χ0v) is 19.3. The summed E-state index contributed by atoms with van der Waals surface area (Å²) >= 11 is 6.21. The number of anilines is 1. The molecule has 0 radical (unpaired) electrons. The second kappa shape index (κ2) is 10.9. The van der Waals surface area contributed by atoms with Gasteiger partial charge in [-0.05, 0) is 48.4 Å². The first-order valence-electron chi connectivity index (χ1n) is 11.1. The summed E-state index contributed by atoms with van der Waals surface area (Å²) in [4.78, 5) is 12.9. The number of halogens is 1. The summed E-state index contributed by atoms with van der Waals surface area (Å²) in [6, 6.07) is 26.7. The van der Waals surface area contributed by atoms with Crippen LogP contribution in [0.2, 0.25) is 5.02 Å². The molecular formula is C28H26ClNO3. The van der Waals surface area contributed by atoms with Crippen molar-refractivity contribution in [2.24, 2.45) is 0 Å². The van der Waals surface area contributed by atoms with Gasteiger partial charge in [0.15, 0.2) is 5.76 Å². The van der Waals surface area contributed by atoms with E-state index in [1.807, 2.05) is 78.9 Å². The zero-order chi connectivity index (χ0) is 23.0. The van der Waals surface area contributed by atoms with E-state index < -0.39 is 0 Å². The Kier molecular flexibility index (Phi) is 7.48. The van der Waals surface area contributed by atoms with Crippen LogP contribution in [-0.2, 0) is 6.42 Å². The third kappa shape index (κ3) is 5.85. The molecule has 0 aliphatic carbocycles. The molecule has 1 amide bonds. The van der Waals surface area contributed by atoms with Gasteiger partial charge in [-0.1, -0.05) is 73.5 Å². The number of ether oxygens (including phenoxy) is 1. The van der Waals surface area contributed by atoms with Crippen LogP contribution in [-0.4, -0.2) is 12.5 Å². The largest absolute Gasteiger partial charge is 0.493 e. The number of hydrogen-bond donors (Lipinski definition) is 1. The zero-order valence-electron chi connectivity index (χ0n) is 18.5. The standard InChI is InChI=1S/C28H26ClNO3/c1-2-3-17-32-26-15-13-22(29)18-21(26)19-23-14-16-27(33-23)28(31)30-25-12-8-7-11-24(25)20-9-5-4-6-10-20/h4-16,18H,2-3,17,19H2,1H3,(H,30,31). The molecule has 0 fully saturated rings. The monoisotopic (exact) mass is 459 g/mol. The number of carbonyl (C=O) groups is 1. The lowest BCUT2D eigenvalue weighted by molar-refractivity contribution is 0.0995. The van der Waals surface area contributed by atoms with Crippen LogP contribution >= 0.6 is 11.6 Å². The fourth-order valence-corrected chi connectivity index (χ4v) is 3.78. The minimum atomic E-state index is -0.296. The number of amides is 1. The minimum absolute atomic E-state index is 0.253. The minimum Gasteiger partial charge on any atom is -0.493 e. The second-order valence-electron chi connectivity index (χ2n) is 7.76. The lowest BCUT2D eigenvalue weighted by Crippen LogP contribution is -2.11. The van der Waals surface area contributed by atoms with Crippen molar-refractivity contribution in [3.63, 3.8) is 0 Å². The first kappa shape index (κ1) is 22.7. The third-order valence-electron chi connectivity index (χ3n) is 5.29. The van der Waals surface area contributed by atoms with Crippen molar-refractivity contribution in [2.75, 3.05) is 11.9 Å². The molecular weight excluding hydrogens is 434 g/mol. The Morgan fingerprint density at radius 2 is 1.76 bits per heavy atom. The van der Waals surface area contributed by atoms with Crippen LogP contribution in [0.15, 0.2) is 89.3 Å². The molecule has 0 atom stereocenters. The molecule has 1 aromatic heterocycles. The summed E-state index contributed by atoms with van der Waals surface area (Å²) in [6.07, 6.45) is 2.53. The van der Waals surface area contributed by atoms with Crippen molar-refractivity contribution in [2.45, 2.75) is 26.2 Å². The van der Waals surface area contributed by atoms with Gasteiger partial charge in [-0.3, -0.25) is 4.79 Å². The molecule has 4 rings (SSSR count). The Bertz CT molecular complexity index is 1220. The molecule has 0 unspecified atom stereocenters. The molecule has 168 valence electrons. The highest BCUT2D eigenvalue weighted by Crippen LogP contribution is 2.29. The molecule has 0 saturated carbocycles. The van der Waals surface area contributed by atoms with Gasteiger partial charge in [0, 0.05) is 28.3 Å². The van der Waals surface area contributed by atoms with Crippen molar-refractivity contribution in [1.29, 1.82) is 0 Å². The molecule has 3 aromatic carbocycles. The van der Waals surface area contributed by atoms with Gasteiger partial charge < -0.3 is 14.5 Å². The van der Waals surface area contributed by atoms with Gasteiger partial charge >= 0.3 is 0 Å². The molecule has 0 bridgehead atoms. The van der Waals surface area contributed by atoms with Crippen LogP contribution in [0.25, 0.3) is 11.1 Å². The van der Waals surface area contributed by atoms with Crippen molar-refractivity contribution < 1.29 is 13.9 Å². The molecule has 1 heterocycles. The Balaban J connectivity index is 1.49. The van der Waals surface area contributed by atoms with E-state index in [4.69, 9.17) is 20.8 Å². The average molecular weight is 460 g/mol. The average Bonchev–Trinajstić information content (AvgIpc) is 3.30. The van der Waals surface area contributed by atoms with Crippen LogP contribution in [0.1, 0.15) is 41.6 Å². The van der Waals surface area contributed by atoms with Gasteiger partial charge in [0.05, 0.1) is 6.61 Å². The van der Waals surface area contributed by atoms with Crippen LogP contribution in [0.3, 0.4) is 0 Å². The molecule has 1 N–H and O–H groups in total. The van der Waals surface area contributed by atoms with Crippen LogP contribution in [0.4, 0.5) is 5.69 Å². The Labute approximate surface area is 199 Å². The topological polar surface area (TPSA) is 51.5 Å². The summed E-state index contributed by atoms with van der Waals surface area (Å²) in [5.74, 6) is 1.41. The summed E-state index contributed by atoms with van der Waals surface area (Å²) in [5, 5.41) is 3.61. The number of furan rings is 1. The fraction of sp³-hybridized carbons (Fsp3) is 0.179. The maximum Gasteiger partial charge on any atom is 0.291 e. The Hall–Kier alpha value is -3.50. The number of para-hydroxylation sites is 1. The van der Waals surface area contributed by atoms with Gasteiger partial charge in [0.2, 0.25) is 0 Å². The van der Waals surface area contributed by atoms with Gasteiger partial charge in [0.1, 0.15) is 11.5 Å². The van der Waals surface area contributed by atoms with Crippen molar-refractivity contribution in [3.05, 3.63) is 107 Å². The third-order valence-corrected chi connectivity index (χ3v) is 5.52. The molecule has 4 nitrogen and oxygen atoms in total. The number of benzene rings is 3. The SMILES string of the molecule is CCCCOc1ccc(Cl)cc1Cc1ccc(C(=O)Nc2ccccc2-c2ccccc2)o1. The molecule has 0 saturated heterocycles. The van der Waals surface area contributed by atoms with Crippen LogP contribution < -0.4 is 10.1 Å². The van der Waals surface area contributed by atoms with Crippen molar-refractivity contribution >= 4 is 23.2 Å². The Morgan fingerprint density at radius 1 is 0.970 bits per heavy atom. The summed E-state index contributed by atoms with van der Waals surface area (Å²) < 4.78 is 11.8. The highest BCUT2D eigenvalue weighted by atomic mass is 35.5. The number of rotatable bonds is 9. The molecule has 0 aliphatic heterocycles. The van der Waals surface area contributed by atoms with E-state index in [9.17, 15) is 4.79 Å². The number of nitrogens with one attached hydrogen (secondary N) is 1. The smallest absolute Gasteiger partial charge is 0.291 e. The van der Waals surface area contributed by atoms with Crippen LogP contribution in [0, 0.1) is 0 Å². The quantitative estimate of drug-likeness (QED) is 0.262. The van der Waals surface area contributed by atoms with Gasteiger partial charge in [-0.25, -0.2) is 0 Å². The maximum absolute atomic E-state index is 12.9. The predicted molar refractivity (Wildman–Crippen MR) is 133 cm³/mol. The van der Waals surface area contributed by atoms with Crippen molar-refractivity contribution in [1.82, 2.24) is 0 Å². The summed E-state index contributed by atoms with van der Waals surface area (Å²) in [5.41, 5.74) is 3.64. The molecule has 0 spiro atoms. The highest BCUT2D eigenvalue weighted by molar-refractivity contribution is 6.30. The normalized spacial score (nSPS) is 10.7. The highest BCUT2D eigenvalue weighted by Gasteiger charge is 2.15. The lowest BCUT2D eigenvalue weighted by Gasteiger charge is -2.11. The maximum atomic E-state index is 12.9. The van der Waals surface area contributed by atoms with E-state index in [-0.39, 0.29) is 11.7 Å². The van der Waals surface area contributed by atoms with Crippen molar-refractivity contribution in [3.8, 4) is 16.9 Å². The fourth-order valence-electron chi connectivity index (χ4n) is 3.58. The van der Waals surface area contributed by atoms with Crippen LogP contribution in [0.5, 0.6) is 5.75 Å². The van der Waals surface area contributed by atoms with E-state index in [0.717, 1.165) is 41.0 Å². The van der Waals surface area contributed by atoms with E-state index in [1.165, 1.54) is 0 Å². The molecule has 0 aliphatic rings. The lowest BCUT2D eigenvalue weighted by atomic mass is 10.0. The summed E-state index contributed by atoms with van der Waals surface area (Å²) in [7, 11) is 0. The van der Waals surface area contributed by atoms with E-state index in [0.29, 0.717) is 23.8 Å². The number of carbonyl (C=O) groups excluding carboxylic acids is 1. The first-order chi connectivity index (χ1) is 16.1. The molecule has 33 heavy (non-hydrogen) atoms. The van der Waals surface area contributed by atoms with Gasteiger partial charge in [-0.2, -0.15) is 0 Å². The Morgan fingerprint density at radius 3 is 2.58 bits per heavy atom. The predicted octanol–water partition coefficient (Wildman–Crippen LogP) is 7.62. The summed E-state index contributed by atoms with van der Waals surface area (Å²) in [6.45, 7) is 2.78. The number of hydrogen-bond acceptors (Lipinski definition) is 3. The van der Waals surface area contributed by atoms with Gasteiger partial charge in [0.25, 0.3) is 5.91 Å². The van der Waals surface area contributed by atoms with E-state index in [1.54, 1.807) is 6.07 Å². The van der Waals surface area contributed by atoms with E-state index in [2.05, 4.69) is 12.2 Å². The second-order valence-corrected chi connectivity index (χ2v) is 8.20. The van der Waals surface area contributed by atoms with Gasteiger partial charge in [-0.15, -0.1) is 0 Å². The van der Waals surface area contributed by atoms with E-state index >= 15 is 0 Å². The number of unbranched alkanes of at least 4 members (excludes halogenated alkanes) is 1. The molecule has 4 aromatic rings.